The summed E-state index contributed by atoms with van der Waals surface area (Å²) in [6.45, 7) is 9.77. The minimum Gasteiger partial charge on any atom is -0.508 e. The van der Waals surface area contributed by atoms with Crippen molar-refractivity contribution in [2.75, 3.05) is 6.54 Å². The number of phenols is 1. The third kappa shape index (κ3) is 10.3. The molecule has 3 rings (SSSR count). The van der Waals surface area contributed by atoms with Crippen LogP contribution < -0.4 is 27.0 Å². The minimum absolute atomic E-state index is 0.0287. The standard InChI is InChI=1S/C32H42ClN5O7S2/c1-16-11-20(39)12-17(2)21(16)14-22(34)27(41)37-25-29(43)35-15-24(40)36-23(13-18-7-9-19(33)10-8-18)28(42)38-26(30(44)45)32(5,6)47-46-31(25,3)4/h7-12,22-23,25-26,39H,13-15,34H2,1-6H3,(H,35,43)(H,36,40)(H,37,41)(H,38,42)(H,44,45). The number of aliphatic carboxylic acids is 1. The van der Waals surface area contributed by atoms with Crippen molar-refractivity contribution >= 4 is 62.8 Å². The highest BCUT2D eigenvalue weighted by Crippen LogP contribution is 2.46. The summed E-state index contributed by atoms with van der Waals surface area (Å²) in [6.07, 6.45) is 0.172. The predicted octanol–water partition coefficient (Wildman–Crippen LogP) is 2.38. The lowest BCUT2D eigenvalue weighted by molar-refractivity contribution is -0.143. The fourth-order valence-corrected chi connectivity index (χ4v) is 8.02. The van der Waals surface area contributed by atoms with Crippen molar-refractivity contribution in [3.8, 4) is 5.75 Å². The van der Waals surface area contributed by atoms with Crippen LogP contribution in [0.1, 0.15) is 49.9 Å². The molecule has 4 unspecified atom stereocenters. The lowest BCUT2D eigenvalue weighted by Crippen LogP contribution is -2.61. The molecular weight excluding hydrogens is 666 g/mol. The molecule has 0 radical (unpaired) electrons. The van der Waals surface area contributed by atoms with Crippen molar-refractivity contribution in [1.29, 1.82) is 0 Å². The van der Waals surface area contributed by atoms with Crippen molar-refractivity contribution in [1.82, 2.24) is 21.3 Å². The maximum atomic E-state index is 13.6. The van der Waals surface area contributed by atoms with Crippen LogP contribution in [0.3, 0.4) is 0 Å². The van der Waals surface area contributed by atoms with E-state index in [4.69, 9.17) is 17.3 Å². The molecule has 256 valence electrons. The normalized spacial score (nSPS) is 22.6. The zero-order valence-electron chi connectivity index (χ0n) is 27.1. The fraction of sp³-hybridized carbons (Fsp3) is 0.469. The van der Waals surface area contributed by atoms with Gasteiger partial charge in [-0.1, -0.05) is 45.3 Å². The van der Waals surface area contributed by atoms with Crippen molar-refractivity contribution in [3.05, 3.63) is 63.7 Å². The van der Waals surface area contributed by atoms with Gasteiger partial charge in [0.15, 0.2) is 0 Å². The van der Waals surface area contributed by atoms with Gasteiger partial charge in [0, 0.05) is 16.2 Å². The van der Waals surface area contributed by atoms with Gasteiger partial charge < -0.3 is 37.2 Å². The van der Waals surface area contributed by atoms with Gasteiger partial charge in [0.25, 0.3) is 0 Å². The van der Waals surface area contributed by atoms with E-state index in [1.807, 2.05) is 0 Å². The topological polar surface area (TPSA) is 200 Å². The highest BCUT2D eigenvalue weighted by molar-refractivity contribution is 8.77. The van der Waals surface area contributed by atoms with E-state index in [-0.39, 0.29) is 18.6 Å². The number of carboxylic acids is 1. The van der Waals surface area contributed by atoms with Gasteiger partial charge in [-0.05, 0) is 94.5 Å². The van der Waals surface area contributed by atoms with E-state index >= 15 is 0 Å². The summed E-state index contributed by atoms with van der Waals surface area (Å²) >= 11 is 5.99. The molecular formula is C32H42ClN5O7S2. The second-order valence-corrected chi connectivity index (χ2v) is 16.5. The van der Waals surface area contributed by atoms with Crippen LogP contribution in [0.2, 0.25) is 5.02 Å². The van der Waals surface area contributed by atoms with Gasteiger partial charge in [-0.3, -0.25) is 19.2 Å². The Hall–Kier alpha value is -3.46. The lowest BCUT2D eigenvalue weighted by atomic mass is 9.95. The molecule has 0 saturated carbocycles. The number of carboxylic acid groups (broad SMARTS) is 1. The Morgan fingerprint density at radius 3 is 2.15 bits per heavy atom. The molecule has 1 heterocycles. The average Bonchev–Trinajstić information content (AvgIpc) is 2.97. The summed E-state index contributed by atoms with van der Waals surface area (Å²) in [6, 6.07) is 4.98. The van der Waals surface area contributed by atoms with Gasteiger partial charge in [-0.2, -0.15) is 0 Å². The van der Waals surface area contributed by atoms with Gasteiger partial charge in [0.1, 0.15) is 23.9 Å². The number of halogens is 1. The zero-order chi connectivity index (χ0) is 35.3. The van der Waals surface area contributed by atoms with E-state index in [0.717, 1.165) is 38.3 Å². The SMILES string of the molecule is Cc1cc(O)cc(C)c1CC(N)C(=O)NC1C(=O)NCC(=O)NC(Cc2ccc(Cl)cc2)C(=O)NC(C(=O)O)C(C)(C)SSC1(C)C. The van der Waals surface area contributed by atoms with E-state index in [9.17, 15) is 34.2 Å². The Labute approximate surface area is 287 Å². The number of rotatable bonds is 7. The van der Waals surface area contributed by atoms with Crippen LogP contribution in [0.25, 0.3) is 0 Å². The number of carbonyl (C=O) groups is 5. The smallest absolute Gasteiger partial charge is 0.327 e. The molecule has 15 heteroatoms. The van der Waals surface area contributed by atoms with Gasteiger partial charge in [0.2, 0.25) is 23.6 Å². The molecule has 0 aromatic heterocycles. The van der Waals surface area contributed by atoms with Crippen LogP contribution in [-0.2, 0) is 36.8 Å². The number of hydrogen-bond acceptors (Lipinski definition) is 9. The number of phenolic OH excluding ortho intramolecular Hbond substituents is 1. The summed E-state index contributed by atoms with van der Waals surface area (Å²) in [4.78, 5) is 66.0. The summed E-state index contributed by atoms with van der Waals surface area (Å²) in [7, 11) is 2.30. The quantitative estimate of drug-likeness (QED) is 0.210. The third-order valence-electron chi connectivity index (χ3n) is 7.81. The molecule has 4 atom stereocenters. The number of benzene rings is 2. The summed E-state index contributed by atoms with van der Waals surface area (Å²) < 4.78 is -2.19. The van der Waals surface area contributed by atoms with Crippen LogP contribution in [0.5, 0.6) is 5.75 Å². The van der Waals surface area contributed by atoms with E-state index < -0.39 is 69.8 Å². The van der Waals surface area contributed by atoms with Crippen LogP contribution >= 0.6 is 33.2 Å². The molecule has 1 saturated heterocycles. The number of nitrogens with one attached hydrogen (secondary N) is 4. The zero-order valence-corrected chi connectivity index (χ0v) is 29.5. The highest BCUT2D eigenvalue weighted by atomic mass is 35.5. The first-order chi connectivity index (χ1) is 21.8. The number of aromatic hydroxyl groups is 1. The lowest BCUT2D eigenvalue weighted by Gasteiger charge is -2.38. The van der Waals surface area contributed by atoms with Crippen LogP contribution in [-0.4, -0.2) is 80.0 Å². The first kappa shape index (κ1) is 38.0. The Morgan fingerprint density at radius 2 is 1.57 bits per heavy atom. The Balaban J connectivity index is 1.91. The molecule has 2 aromatic carbocycles. The Morgan fingerprint density at radius 1 is 1.00 bits per heavy atom. The summed E-state index contributed by atoms with van der Waals surface area (Å²) in [5.74, 6) is -3.87. The van der Waals surface area contributed by atoms with Crippen molar-refractivity contribution < 1.29 is 34.2 Å². The first-order valence-corrected chi connectivity index (χ1v) is 17.4. The monoisotopic (exact) mass is 707 g/mol. The van der Waals surface area contributed by atoms with E-state index in [0.29, 0.717) is 10.6 Å². The van der Waals surface area contributed by atoms with Crippen molar-refractivity contribution in [3.63, 3.8) is 0 Å². The van der Waals surface area contributed by atoms with Gasteiger partial charge in [-0.25, -0.2) is 4.79 Å². The number of nitrogens with two attached hydrogens (primary N) is 1. The van der Waals surface area contributed by atoms with E-state index in [1.54, 1.807) is 77.9 Å². The Kier molecular flexibility index (Phi) is 12.6. The molecule has 0 spiro atoms. The summed E-state index contributed by atoms with van der Waals surface area (Å²) in [5.41, 5.74) is 9.28. The number of hydrogen-bond donors (Lipinski definition) is 7. The van der Waals surface area contributed by atoms with Gasteiger partial charge in [-0.15, -0.1) is 0 Å². The van der Waals surface area contributed by atoms with Crippen LogP contribution in [0.15, 0.2) is 36.4 Å². The van der Waals surface area contributed by atoms with E-state index in [1.165, 1.54) is 0 Å². The predicted molar refractivity (Wildman–Crippen MR) is 184 cm³/mol. The first-order valence-electron chi connectivity index (χ1n) is 14.9. The van der Waals surface area contributed by atoms with Crippen molar-refractivity contribution in [2.24, 2.45) is 5.73 Å². The maximum absolute atomic E-state index is 13.6. The highest BCUT2D eigenvalue weighted by Gasteiger charge is 2.44. The maximum Gasteiger partial charge on any atom is 0.327 e. The van der Waals surface area contributed by atoms with E-state index in [2.05, 4.69) is 21.3 Å². The van der Waals surface area contributed by atoms with Gasteiger partial charge >= 0.3 is 5.97 Å². The molecule has 1 aliphatic rings. The molecule has 2 aromatic rings. The largest absolute Gasteiger partial charge is 0.508 e. The molecule has 0 aliphatic carbocycles. The van der Waals surface area contributed by atoms with Crippen LogP contribution in [0.4, 0.5) is 0 Å². The third-order valence-corrected chi connectivity index (χ3v) is 12.3. The molecule has 47 heavy (non-hydrogen) atoms. The van der Waals surface area contributed by atoms with Crippen molar-refractivity contribution in [2.45, 2.75) is 88.0 Å². The van der Waals surface area contributed by atoms with Gasteiger partial charge in [0.05, 0.1) is 17.3 Å². The number of aryl methyl sites for hydroxylation is 2. The number of amides is 4. The summed E-state index contributed by atoms with van der Waals surface area (Å²) in [5, 5.41) is 31.0. The Bertz CT molecular complexity index is 1500. The minimum atomic E-state index is -1.39. The second kappa shape index (κ2) is 15.6. The molecule has 4 amide bonds. The molecule has 1 fully saturated rings. The van der Waals surface area contributed by atoms with Crippen LogP contribution in [0, 0.1) is 13.8 Å². The molecule has 0 bridgehead atoms. The fourth-order valence-electron chi connectivity index (χ4n) is 5.08. The number of carbonyl (C=O) groups excluding carboxylic acids is 4. The second-order valence-electron chi connectivity index (χ2n) is 12.6. The molecule has 1 aliphatic heterocycles. The average molecular weight is 708 g/mol. The molecule has 8 N–H and O–H groups in total. The molecule has 12 nitrogen and oxygen atoms in total.